The van der Waals surface area contributed by atoms with Crippen LogP contribution in [0.2, 0.25) is 0 Å². The molecule has 2 rings (SSSR count). The maximum Gasteiger partial charge on any atom is 0.235 e. The van der Waals surface area contributed by atoms with Crippen molar-refractivity contribution in [2.75, 3.05) is 18.6 Å². The van der Waals surface area contributed by atoms with Gasteiger partial charge in [0.2, 0.25) is 5.91 Å². The van der Waals surface area contributed by atoms with Crippen molar-refractivity contribution < 1.29 is 13.2 Å². The van der Waals surface area contributed by atoms with Gasteiger partial charge in [-0.25, -0.2) is 8.42 Å². The van der Waals surface area contributed by atoms with E-state index in [2.05, 4.69) is 15.9 Å². The molecule has 0 aliphatic carbocycles. The first-order valence-electron chi connectivity index (χ1n) is 6.68. The Hall–Kier alpha value is -0.530. The molecule has 1 heterocycles. The fraction of sp³-hybridized carbons (Fsp3) is 0.500. The third-order valence-corrected chi connectivity index (χ3v) is 6.96. The maximum atomic E-state index is 12.4. The molecule has 0 spiro atoms. The second-order valence-electron chi connectivity index (χ2n) is 5.22. The van der Waals surface area contributed by atoms with Crippen LogP contribution in [0.25, 0.3) is 0 Å². The van der Waals surface area contributed by atoms with Gasteiger partial charge in [0.15, 0.2) is 9.84 Å². The zero-order chi connectivity index (χ0) is 15.6. The first-order chi connectivity index (χ1) is 9.78. The molecule has 21 heavy (non-hydrogen) atoms. The molecule has 0 radical (unpaired) electrons. The number of halogens is 1. The number of rotatable bonds is 4. The quantitative estimate of drug-likeness (QED) is 0.740. The Balaban J connectivity index is 1.97. The van der Waals surface area contributed by atoms with Crippen LogP contribution in [0, 0.1) is 0 Å². The number of sulfone groups is 1. The van der Waals surface area contributed by atoms with E-state index in [9.17, 15) is 13.2 Å². The van der Waals surface area contributed by atoms with E-state index < -0.39 is 9.84 Å². The van der Waals surface area contributed by atoms with Crippen LogP contribution in [0.1, 0.15) is 13.3 Å². The lowest BCUT2D eigenvalue weighted by molar-refractivity contribution is -0.130. The Morgan fingerprint density at radius 3 is 2.52 bits per heavy atom. The Bertz CT molecular complexity index is 616. The zero-order valence-electron chi connectivity index (χ0n) is 12.0. The van der Waals surface area contributed by atoms with Gasteiger partial charge in [-0.2, -0.15) is 0 Å². The van der Waals surface area contributed by atoms with Crippen LogP contribution in [0.5, 0.6) is 0 Å². The topological polar surface area (TPSA) is 54.5 Å². The second kappa shape index (κ2) is 6.71. The van der Waals surface area contributed by atoms with Crippen LogP contribution in [-0.2, 0) is 14.6 Å². The third-order valence-electron chi connectivity index (χ3n) is 3.58. The molecule has 1 aliphatic rings. The van der Waals surface area contributed by atoms with Crippen molar-refractivity contribution in [1.82, 2.24) is 4.90 Å². The van der Waals surface area contributed by atoms with Crippen molar-refractivity contribution in [3.63, 3.8) is 0 Å². The van der Waals surface area contributed by atoms with Crippen LogP contribution in [0.4, 0.5) is 0 Å². The summed E-state index contributed by atoms with van der Waals surface area (Å²) in [4.78, 5) is 15.0. The van der Waals surface area contributed by atoms with Gasteiger partial charge in [0.25, 0.3) is 0 Å². The van der Waals surface area contributed by atoms with Crippen molar-refractivity contribution in [3.05, 3.63) is 28.7 Å². The first-order valence-corrected chi connectivity index (χ1v) is 10.2. The summed E-state index contributed by atoms with van der Waals surface area (Å²) in [5.74, 6) is 0.249. The van der Waals surface area contributed by atoms with Gasteiger partial charge < -0.3 is 4.90 Å². The lowest BCUT2D eigenvalue weighted by Crippen LogP contribution is -2.41. The van der Waals surface area contributed by atoms with Crippen molar-refractivity contribution >= 4 is 43.4 Å². The summed E-state index contributed by atoms with van der Waals surface area (Å²) in [5, 5.41) is -0.237. The molecule has 1 aromatic carbocycles. The molecule has 4 nitrogen and oxygen atoms in total. The molecule has 0 aromatic heterocycles. The number of nitrogens with zero attached hydrogens (tertiary/aromatic N) is 1. The van der Waals surface area contributed by atoms with Gasteiger partial charge in [0.05, 0.1) is 16.8 Å². The molecule has 0 unspecified atom stereocenters. The van der Waals surface area contributed by atoms with E-state index in [1.807, 2.05) is 31.2 Å². The molecule has 116 valence electrons. The minimum Gasteiger partial charge on any atom is -0.341 e. The zero-order valence-corrected chi connectivity index (χ0v) is 15.2. The van der Waals surface area contributed by atoms with E-state index in [-0.39, 0.29) is 28.7 Å². The summed E-state index contributed by atoms with van der Waals surface area (Å²) in [6, 6.07) is 7.60. The van der Waals surface area contributed by atoms with Gasteiger partial charge in [0, 0.05) is 22.5 Å². The minimum atomic E-state index is -2.97. The molecule has 0 saturated carbocycles. The first kappa shape index (κ1) is 16.8. The number of thioether (sulfide) groups is 1. The lowest BCUT2D eigenvalue weighted by atomic mass is 10.2. The van der Waals surface area contributed by atoms with Gasteiger partial charge in [-0.05, 0) is 37.6 Å². The number of benzene rings is 1. The van der Waals surface area contributed by atoms with Gasteiger partial charge in [-0.15, -0.1) is 11.8 Å². The molecule has 2 atom stereocenters. The summed E-state index contributed by atoms with van der Waals surface area (Å²) in [7, 11) is -1.27. The summed E-state index contributed by atoms with van der Waals surface area (Å²) >= 11 is 4.86. The molecule has 1 fully saturated rings. The Morgan fingerprint density at radius 1 is 1.38 bits per heavy atom. The van der Waals surface area contributed by atoms with Gasteiger partial charge >= 0.3 is 0 Å². The molecular weight excluding hydrogens is 374 g/mol. The highest BCUT2D eigenvalue weighted by Gasteiger charge is 2.34. The van der Waals surface area contributed by atoms with Crippen LogP contribution in [-0.4, -0.2) is 49.1 Å². The van der Waals surface area contributed by atoms with E-state index in [1.165, 1.54) is 11.8 Å². The van der Waals surface area contributed by atoms with Crippen molar-refractivity contribution in [1.29, 1.82) is 0 Å². The standard InChI is InChI=1S/C14H18BrNO3S2/c1-10(20-13-5-3-11(15)4-6-13)14(17)16(2)12-7-8-21(18,19)9-12/h3-6,10,12H,7-9H2,1-2H3/t10-,12-/m1/s1. The predicted octanol–water partition coefficient (Wildman–Crippen LogP) is 2.58. The average Bonchev–Trinajstić information content (AvgIpc) is 2.80. The van der Waals surface area contributed by atoms with E-state index in [0.717, 1.165) is 9.37 Å². The summed E-state index contributed by atoms with van der Waals surface area (Å²) in [6.45, 7) is 1.86. The van der Waals surface area contributed by atoms with Crippen LogP contribution in [0.3, 0.4) is 0 Å². The summed E-state index contributed by atoms with van der Waals surface area (Å²) in [5.41, 5.74) is 0. The van der Waals surface area contributed by atoms with Gasteiger partial charge in [-0.1, -0.05) is 15.9 Å². The summed E-state index contributed by atoms with van der Waals surface area (Å²) in [6.07, 6.45) is 0.542. The molecule has 1 aliphatic heterocycles. The van der Waals surface area contributed by atoms with Gasteiger partial charge in [-0.3, -0.25) is 4.79 Å². The number of amides is 1. The van der Waals surface area contributed by atoms with E-state index >= 15 is 0 Å². The SMILES string of the molecule is C[C@@H](Sc1ccc(Br)cc1)C(=O)N(C)[C@@H]1CCS(=O)(=O)C1. The highest BCUT2D eigenvalue weighted by atomic mass is 79.9. The smallest absolute Gasteiger partial charge is 0.235 e. The molecule has 7 heteroatoms. The predicted molar refractivity (Wildman–Crippen MR) is 89.3 cm³/mol. The fourth-order valence-corrected chi connectivity index (χ4v) is 5.32. The second-order valence-corrected chi connectivity index (χ2v) is 9.78. The number of carbonyl (C=O) groups excluding carboxylic acids is 1. The number of carbonyl (C=O) groups is 1. The Kier molecular flexibility index (Phi) is 5.38. The van der Waals surface area contributed by atoms with E-state index in [0.29, 0.717) is 6.42 Å². The van der Waals surface area contributed by atoms with E-state index in [1.54, 1.807) is 11.9 Å². The number of hydrogen-bond donors (Lipinski definition) is 0. The molecule has 0 bridgehead atoms. The van der Waals surface area contributed by atoms with Gasteiger partial charge in [0.1, 0.15) is 0 Å². The highest BCUT2D eigenvalue weighted by molar-refractivity contribution is 9.10. The number of hydrogen-bond acceptors (Lipinski definition) is 4. The maximum absolute atomic E-state index is 12.4. The van der Waals surface area contributed by atoms with Crippen molar-refractivity contribution in [2.45, 2.75) is 29.5 Å². The normalized spacial score (nSPS) is 22.0. The highest BCUT2D eigenvalue weighted by Crippen LogP contribution is 2.27. The lowest BCUT2D eigenvalue weighted by Gasteiger charge is -2.26. The fourth-order valence-electron chi connectivity index (χ4n) is 2.32. The van der Waals surface area contributed by atoms with Crippen molar-refractivity contribution in [3.8, 4) is 0 Å². The molecule has 1 saturated heterocycles. The Morgan fingerprint density at radius 2 is 2.00 bits per heavy atom. The monoisotopic (exact) mass is 391 g/mol. The van der Waals surface area contributed by atoms with Crippen molar-refractivity contribution in [2.24, 2.45) is 0 Å². The molecule has 0 N–H and O–H groups in total. The third kappa shape index (κ3) is 4.47. The largest absolute Gasteiger partial charge is 0.341 e. The summed E-state index contributed by atoms with van der Waals surface area (Å²) < 4.78 is 24.0. The van der Waals surface area contributed by atoms with Crippen LogP contribution >= 0.6 is 27.7 Å². The molecule has 1 amide bonds. The molecular formula is C14H18BrNO3S2. The van der Waals surface area contributed by atoms with E-state index in [4.69, 9.17) is 0 Å². The Labute approximate surface area is 138 Å². The minimum absolute atomic E-state index is 0.0231. The van der Waals surface area contributed by atoms with Crippen LogP contribution < -0.4 is 0 Å². The van der Waals surface area contributed by atoms with Crippen LogP contribution in [0.15, 0.2) is 33.6 Å². The molecule has 1 aromatic rings. The average molecular weight is 392 g/mol.